The lowest BCUT2D eigenvalue weighted by molar-refractivity contribution is -0.929. The van der Waals surface area contributed by atoms with Crippen LogP contribution in [-0.4, -0.2) is 56.6 Å². The largest absolute Gasteiger partial charge is 0.379 e. The molecule has 97 heavy (non-hydrogen) atoms. The maximum atomic E-state index is 7.03. The van der Waals surface area contributed by atoms with Crippen LogP contribution in [0.4, 0.5) is 0 Å². The van der Waals surface area contributed by atoms with Gasteiger partial charge >= 0.3 is 0 Å². The van der Waals surface area contributed by atoms with Gasteiger partial charge in [-0.1, -0.05) is 365 Å². The van der Waals surface area contributed by atoms with Crippen molar-refractivity contribution in [2.24, 2.45) is 0 Å². The average Bonchev–Trinajstić information content (AvgIpc) is 1.07. The van der Waals surface area contributed by atoms with Crippen LogP contribution in [0, 0.1) is 0 Å². The van der Waals surface area contributed by atoms with Gasteiger partial charge in [-0.2, -0.15) is 0 Å². The molecule has 0 rings (SSSR count). The van der Waals surface area contributed by atoms with Crippen molar-refractivity contribution in [2.75, 3.05) is 46.0 Å². The minimum Gasteiger partial charge on any atom is -0.379 e. The molecule has 0 radical (unpaired) electrons. The summed E-state index contributed by atoms with van der Waals surface area (Å²) in [4.78, 5) is 0. The molecule has 0 aliphatic heterocycles. The first-order chi connectivity index (χ1) is 48.2. The lowest BCUT2D eigenvalue weighted by Gasteiger charge is -2.40. The Morgan fingerprint density at radius 2 is 0.381 bits per heavy atom. The number of hydrogen-bond acceptors (Lipinski definition) is 2. The number of quaternary nitrogens is 1. The van der Waals surface area contributed by atoms with Crippen LogP contribution < -0.4 is 0 Å². The van der Waals surface area contributed by atoms with Crippen LogP contribution in [0.1, 0.15) is 490 Å². The van der Waals surface area contributed by atoms with Crippen molar-refractivity contribution < 1.29 is 14.0 Å². The number of ether oxygens (including phenoxy) is 2. The molecule has 574 valence electrons. The molecule has 1 atom stereocenters. The second-order valence-corrected chi connectivity index (χ2v) is 31.3. The highest BCUT2D eigenvalue weighted by Crippen LogP contribution is 2.23. The molecule has 0 aromatic carbocycles. The van der Waals surface area contributed by atoms with Crippen LogP contribution >= 0.6 is 0 Å². The topological polar surface area (TPSA) is 18.5 Å². The number of hydrogen-bond donors (Lipinski definition) is 0. The van der Waals surface area contributed by atoms with Gasteiger partial charge in [-0.25, -0.2) is 0 Å². The first kappa shape index (κ1) is 95.6. The summed E-state index contributed by atoms with van der Waals surface area (Å²) in [5, 5.41) is 0. The molecule has 0 amide bonds. The predicted molar refractivity (Wildman–Crippen MR) is 442 cm³/mol. The number of rotatable bonds is 86. The summed E-state index contributed by atoms with van der Waals surface area (Å²) in [5.41, 5.74) is 0. The highest BCUT2D eigenvalue weighted by atomic mass is 16.5. The van der Waals surface area contributed by atoms with E-state index in [1.54, 1.807) is 0 Å². The molecule has 3 nitrogen and oxygen atoms in total. The van der Waals surface area contributed by atoms with Crippen molar-refractivity contribution in [3.63, 3.8) is 0 Å². The molecule has 0 N–H and O–H groups in total. The van der Waals surface area contributed by atoms with Crippen LogP contribution in [0.2, 0.25) is 0 Å². The van der Waals surface area contributed by atoms with Crippen molar-refractivity contribution in [3.05, 3.63) is 60.8 Å². The fraction of sp³-hybridized carbons (Fsp3) is 0.894. The van der Waals surface area contributed by atoms with E-state index in [-0.39, 0.29) is 6.10 Å². The smallest absolute Gasteiger partial charge is 0.0861 e. The third-order valence-corrected chi connectivity index (χ3v) is 21.5. The zero-order valence-corrected chi connectivity index (χ0v) is 67.8. The fourth-order valence-corrected chi connectivity index (χ4v) is 14.7. The predicted octanol–water partition coefficient (Wildman–Crippen LogP) is 32.8. The highest BCUT2D eigenvalue weighted by Gasteiger charge is 2.28. The van der Waals surface area contributed by atoms with Gasteiger partial charge in [0.1, 0.15) is 0 Å². The molecule has 1 unspecified atom stereocenters. The summed E-state index contributed by atoms with van der Waals surface area (Å²) in [7, 11) is 0. The van der Waals surface area contributed by atoms with E-state index in [1.165, 1.54) is 480 Å². The van der Waals surface area contributed by atoms with Gasteiger partial charge in [0, 0.05) is 19.6 Å². The molecule has 0 spiro atoms. The number of allylic oxidation sites excluding steroid dienone is 10. The van der Waals surface area contributed by atoms with Crippen LogP contribution in [0.5, 0.6) is 0 Å². The monoisotopic (exact) mass is 1360 g/mol. The molecule has 3 heteroatoms. The van der Waals surface area contributed by atoms with E-state index in [0.29, 0.717) is 0 Å². The van der Waals surface area contributed by atoms with E-state index in [0.717, 1.165) is 26.2 Å². The van der Waals surface area contributed by atoms with Crippen LogP contribution in [0.25, 0.3) is 0 Å². The van der Waals surface area contributed by atoms with Gasteiger partial charge < -0.3 is 14.0 Å². The molecular formula is C94H182NO2+. The van der Waals surface area contributed by atoms with Crippen LogP contribution in [0.15, 0.2) is 60.8 Å². The Bertz CT molecular complexity index is 1460. The zero-order chi connectivity index (χ0) is 69.7. The van der Waals surface area contributed by atoms with Gasteiger partial charge in [-0.15, -0.1) is 0 Å². The lowest BCUT2D eigenvalue weighted by Crippen LogP contribution is -2.52. The Hall–Kier alpha value is -1.42. The molecule has 0 aromatic rings. The average molecular weight is 1360 g/mol. The second-order valence-electron chi connectivity index (χ2n) is 31.3. The van der Waals surface area contributed by atoms with E-state index < -0.39 is 0 Å². The fourth-order valence-electron chi connectivity index (χ4n) is 14.7. The van der Waals surface area contributed by atoms with Crippen molar-refractivity contribution >= 4 is 0 Å². The van der Waals surface area contributed by atoms with Gasteiger partial charge in [0.15, 0.2) is 0 Å². The quantitative estimate of drug-likeness (QED) is 0.0343. The summed E-state index contributed by atoms with van der Waals surface area (Å²) in [6.07, 6.45) is 122. The molecule has 0 saturated heterocycles. The first-order valence-corrected chi connectivity index (χ1v) is 45.5. The Morgan fingerprint density at radius 1 is 0.196 bits per heavy atom. The van der Waals surface area contributed by atoms with Gasteiger partial charge in [0.25, 0.3) is 0 Å². The van der Waals surface area contributed by atoms with Crippen LogP contribution in [-0.2, 0) is 9.47 Å². The summed E-state index contributed by atoms with van der Waals surface area (Å²) in [6, 6.07) is 0. The Morgan fingerprint density at radius 3 is 0.608 bits per heavy atom. The molecule has 0 heterocycles. The van der Waals surface area contributed by atoms with E-state index in [9.17, 15) is 0 Å². The third-order valence-electron chi connectivity index (χ3n) is 21.5. The molecule has 0 saturated carbocycles. The Kier molecular flexibility index (Phi) is 85.7. The maximum absolute atomic E-state index is 7.03. The SMILES string of the molecule is CCCCCCCC/C=C\CCCCCCCCOCC(CC[N+](CCCCCCCC/C=C\CCCCCCCC)(CCCCCCCC/C=C\CCCCCCCC)CCCCCCCC/C=C\CCCCCCCC)OCCCCCCCC/C=C\CCCCCCCC. The lowest BCUT2D eigenvalue weighted by atomic mass is 10.0. The molecule has 0 aliphatic carbocycles. The van der Waals surface area contributed by atoms with Gasteiger partial charge in [-0.3, -0.25) is 0 Å². The molecule has 0 bridgehead atoms. The van der Waals surface area contributed by atoms with Gasteiger partial charge in [0.05, 0.1) is 38.9 Å². The van der Waals surface area contributed by atoms with Crippen LogP contribution in [0.3, 0.4) is 0 Å². The summed E-state index contributed by atoms with van der Waals surface area (Å²) < 4.78 is 15.0. The Balaban J connectivity index is 5.93. The molecule has 0 aromatic heterocycles. The van der Waals surface area contributed by atoms with Gasteiger partial charge in [0.2, 0.25) is 0 Å². The number of nitrogens with zero attached hydrogens (tertiary/aromatic N) is 1. The second kappa shape index (κ2) is 87.0. The van der Waals surface area contributed by atoms with Crippen molar-refractivity contribution in [2.45, 2.75) is 497 Å². The zero-order valence-electron chi connectivity index (χ0n) is 67.8. The Labute approximate surface area is 613 Å². The first-order valence-electron chi connectivity index (χ1n) is 45.5. The van der Waals surface area contributed by atoms with Gasteiger partial charge in [-0.05, 0) is 180 Å². The summed E-state index contributed by atoms with van der Waals surface area (Å²) >= 11 is 0. The van der Waals surface area contributed by atoms with Crippen molar-refractivity contribution in [1.29, 1.82) is 0 Å². The normalized spacial score (nSPS) is 12.8. The standard InChI is InChI=1S/C94H182NO2/c1-6-11-16-21-26-31-36-41-46-51-56-61-66-71-76-81-87-95(88-82-77-72-67-62-57-52-47-42-37-32-27-22-17-12-7-2,89-83-78-73-68-63-58-53-48-43-38-33-28-23-18-13-8-3)90-86-94(97-92-85-80-75-70-65-60-55-50-45-40-35-30-25-20-15-10-5)93-96-91-84-79-74-69-64-59-54-49-44-39-34-29-24-19-14-9-4/h41-50,94H,6-40,51-93H2,1-5H3/q+1/b46-41-,47-42-,48-43-,49-44-,50-45-. The summed E-state index contributed by atoms with van der Waals surface area (Å²) in [6.45, 7) is 19.6. The van der Waals surface area contributed by atoms with Crippen molar-refractivity contribution in [1.82, 2.24) is 0 Å². The molecular weight excluding hydrogens is 1180 g/mol. The van der Waals surface area contributed by atoms with E-state index in [1.807, 2.05) is 0 Å². The minimum absolute atomic E-state index is 0.217. The summed E-state index contributed by atoms with van der Waals surface area (Å²) in [5.74, 6) is 0. The molecule has 0 aliphatic rings. The third kappa shape index (κ3) is 80.1. The van der Waals surface area contributed by atoms with Crippen molar-refractivity contribution in [3.8, 4) is 0 Å². The van der Waals surface area contributed by atoms with E-state index >= 15 is 0 Å². The van der Waals surface area contributed by atoms with E-state index in [2.05, 4.69) is 95.4 Å². The maximum Gasteiger partial charge on any atom is 0.0861 e. The van der Waals surface area contributed by atoms with E-state index in [4.69, 9.17) is 9.47 Å². The molecule has 0 fully saturated rings. The highest BCUT2D eigenvalue weighted by molar-refractivity contribution is 4.84. The minimum atomic E-state index is 0.217. The number of unbranched alkanes of at least 4 members (excludes halogenated alkanes) is 60.